The zero-order valence-electron chi connectivity index (χ0n) is 7.39. The SMILES string of the molecule is [Br][Pd+].[c-]1ccc(-c2ccccc2)cc1. The molecule has 74 valence electrons. The van der Waals surface area contributed by atoms with Crippen LogP contribution in [0, 0.1) is 6.07 Å². The molecule has 0 N–H and O–H groups in total. The van der Waals surface area contributed by atoms with Gasteiger partial charge in [-0.2, -0.15) is 30.3 Å². The van der Waals surface area contributed by atoms with E-state index in [0.717, 1.165) is 0 Å². The summed E-state index contributed by atoms with van der Waals surface area (Å²) < 4.78 is 0. The third-order valence-corrected chi connectivity index (χ3v) is 1.83. The molecule has 0 radical (unpaired) electrons. The van der Waals surface area contributed by atoms with Gasteiger partial charge in [0, 0.05) is 0 Å². The van der Waals surface area contributed by atoms with Crippen LogP contribution < -0.4 is 0 Å². The van der Waals surface area contributed by atoms with E-state index in [4.69, 9.17) is 0 Å². The van der Waals surface area contributed by atoms with Gasteiger partial charge in [-0.1, -0.05) is 30.3 Å². The first-order chi connectivity index (χ1) is 6.97. The monoisotopic (exact) mass is 338 g/mol. The van der Waals surface area contributed by atoms with Gasteiger partial charge in [0.1, 0.15) is 0 Å². The fourth-order valence-corrected chi connectivity index (χ4v) is 1.21. The molecular weight excluding hydrogens is 330 g/mol. The van der Waals surface area contributed by atoms with Gasteiger partial charge in [0.15, 0.2) is 0 Å². The molecule has 0 heterocycles. The molecule has 0 saturated heterocycles. The van der Waals surface area contributed by atoms with Gasteiger partial charge >= 0.3 is 30.6 Å². The third-order valence-electron chi connectivity index (χ3n) is 1.83. The molecule has 0 spiro atoms. The molecule has 2 heteroatoms. The molecule has 14 heavy (non-hydrogen) atoms. The number of hydrogen-bond acceptors (Lipinski definition) is 0. The minimum absolute atomic E-state index is 1.24. The Labute approximate surface area is 102 Å². The smallest absolute Gasteiger partial charge is 0.0426 e. The second kappa shape index (κ2) is 6.95. The van der Waals surface area contributed by atoms with Crippen LogP contribution in [0.3, 0.4) is 0 Å². The van der Waals surface area contributed by atoms with Crippen molar-refractivity contribution in [3.8, 4) is 11.1 Å². The van der Waals surface area contributed by atoms with E-state index in [1.165, 1.54) is 11.1 Å². The van der Waals surface area contributed by atoms with E-state index in [-0.39, 0.29) is 0 Å². The average Bonchev–Trinajstić information content (AvgIpc) is 2.34. The molecule has 0 nitrogen and oxygen atoms in total. The third kappa shape index (κ3) is 3.38. The zero-order chi connectivity index (χ0) is 10.2. The van der Waals surface area contributed by atoms with Crippen LogP contribution in [-0.2, 0) is 17.2 Å². The van der Waals surface area contributed by atoms with Gasteiger partial charge in [0.2, 0.25) is 0 Å². The van der Waals surface area contributed by atoms with Crippen molar-refractivity contribution in [1.82, 2.24) is 0 Å². The van der Waals surface area contributed by atoms with Crippen molar-refractivity contribution in [2.75, 3.05) is 0 Å². The zero-order valence-corrected chi connectivity index (χ0v) is 10.5. The Morgan fingerprint density at radius 3 is 1.86 bits per heavy atom. The van der Waals surface area contributed by atoms with E-state index in [1.807, 2.05) is 30.3 Å². The standard InChI is InChI=1S/C12H9.BrH.Pd/c1-3-7-11(8-4-1)12-9-5-2-6-10-12;;/h1,3-10H;1H;/q-1;;+2/p-1. The van der Waals surface area contributed by atoms with Gasteiger partial charge in [-0.05, 0) is 5.56 Å². The summed E-state index contributed by atoms with van der Waals surface area (Å²) in [4.78, 5) is 0. The molecule has 0 saturated carbocycles. The Hall–Kier alpha value is -0.418. The van der Waals surface area contributed by atoms with Crippen LogP contribution in [0.4, 0.5) is 0 Å². The minimum atomic E-state index is 1.24. The topological polar surface area (TPSA) is 0 Å². The van der Waals surface area contributed by atoms with Crippen LogP contribution in [0.2, 0.25) is 0 Å². The molecule has 0 atom stereocenters. The summed E-state index contributed by atoms with van der Waals surface area (Å²) in [5.41, 5.74) is 2.50. The molecule has 0 bridgehead atoms. The molecule has 0 unspecified atom stereocenters. The Balaban J connectivity index is 0.000000461. The average molecular weight is 340 g/mol. The first-order valence-electron chi connectivity index (χ1n) is 4.10. The summed E-state index contributed by atoms with van der Waals surface area (Å²) in [5, 5.41) is 0. The van der Waals surface area contributed by atoms with Gasteiger partial charge in [-0.25, -0.2) is 0 Å². The van der Waals surface area contributed by atoms with Crippen molar-refractivity contribution in [3.05, 3.63) is 60.7 Å². The Morgan fingerprint density at radius 1 is 0.786 bits per heavy atom. The minimum Gasteiger partial charge on any atom is -0.184 e. The molecule has 0 aromatic heterocycles. The molecule has 0 fully saturated rings. The van der Waals surface area contributed by atoms with Crippen LogP contribution in [0.15, 0.2) is 54.6 Å². The van der Waals surface area contributed by atoms with E-state index < -0.39 is 0 Å². The molecule has 0 amide bonds. The van der Waals surface area contributed by atoms with Crippen molar-refractivity contribution < 1.29 is 17.2 Å². The maximum absolute atomic E-state index is 3.00. The summed E-state index contributed by atoms with van der Waals surface area (Å²) in [5.74, 6) is 0. The van der Waals surface area contributed by atoms with E-state index in [1.54, 1.807) is 0 Å². The summed E-state index contributed by atoms with van der Waals surface area (Å²) in [6, 6.07) is 21.3. The van der Waals surface area contributed by atoms with Crippen LogP contribution >= 0.6 is 13.4 Å². The molecule has 2 aromatic rings. The largest absolute Gasteiger partial charge is 0.184 e. The maximum atomic E-state index is 3.00. The van der Waals surface area contributed by atoms with Gasteiger partial charge in [0.25, 0.3) is 0 Å². The first-order valence-corrected chi connectivity index (χ1v) is 7.66. The van der Waals surface area contributed by atoms with Crippen LogP contribution in [0.25, 0.3) is 11.1 Å². The fourth-order valence-electron chi connectivity index (χ4n) is 1.21. The fraction of sp³-hybridized carbons (Fsp3) is 0. The van der Waals surface area contributed by atoms with Crippen molar-refractivity contribution in [3.63, 3.8) is 0 Å². The normalized spacial score (nSPS) is 8.79. The van der Waals surface area contributed by atoms with Gasteiger partial charge < -0.3 is 0 Å². The molecular formula is C12H9BrPd. The van der Waals surface area contributed by atoms with E-state index in [2.05, 4.69) is 60.9 Å². The maximum Gasteiger partial charge on any atom is -0.0426 e. The van der Waals surface area contributed by atoms with Crippen molar-refractivity contribution in [1.29, 1.82) is 0 Å². The van der Waals surface area contributed by atoms with Gasteiger partial charge in [-0.3, -0.25) is 0 Å². The summed E-state index contributed by atoms with van der Waals surface area (Å²) in [6.45, 7) is 0. The predicted octanol–water partition coefficient (Wildman–Crippen LogP) is 4.00. The number of rotatable bonds is 1. The van der Waals surface area contributed by atoms with Crippen molar-refractivity contribution in [2.45, 2.75) is 0 Å². The second-order valence-electron chi connectivity index (χ2n) is 2.65. The van der Waals surface area contributed by atoms with E-state index >= 15 is 0 Å². The number of hydrogen-bond donors (Lipinski definition) is 0. The molecule has 0 aliphatic rings. The summed E-state index contributed by atoms with van der Waals surface area (Å²) in [6.07, 6.45) is 0. The molecule has 2 rings (SSSR count). The molecule has 0 aliphatic heterocycles. The van der Waals surface area contributed by atoms with E-state index in [9.17, 15) is 0 Å². The summed E-state index contributed by atoms with van der Waals surface area (Å²) in [7, 11) is 0. The van der Waals surface area contributed by atoms with Crippen molar-refractivity contribution in [2.24, 2.45) is 0 Å². The Kier molecular flexibility index (Phi) is 5.79. The van der Waals surface area contributed by atoms with Gasteiger partial charge in [0.05, 0.1) is 0 Å². The second-order valence-corrected chi connectivity index (χ2v) is 2.65. The van der Waals surface area contributed by atoms with Crippen LogP contribution in [0.5, 0.6) is 0 Å². The van der Waals surface area contributed by atoms with Crippen molar-refractivity contribution >= 4 is 13.4 Å². The first kappa shape index (κ1) is 11.7. The molecule has 0 aliphatic carbocycles. The van der Waals surface area contributed by atoms with Crippen LogP contribution in [-0.4, -0.2) is 0 Å². The number of halogens is 1. The van der Waals surface area contributed by atoms with Gasteiger partial charge in [-0.15, -0.1) is 5.56 Å². The number of benzene rings is 2. The quantitative estimate of drug-likeness (QED) is 0.544. The summed E-state index contributed by atoms with van der Waals surface area (Å²) >= 11 is 5.35. The predicted molar refractivity (Wildman–Crippen MR) is 59.6 cm³/mol. The Bertz CT molecular complexity index is 308. The molecule has 2 aromatic carbocycles. The Morgan fingerprint density at radius 2 is 1.29 bits per heavy atom. The van der Waals surface area contributed by atoms with Crippen LogP contribution in [0.1, 0.15) is 0 Å². The van der Waals surface area contributed by atoms with E-state index in [0.29, 0.717) is 0 Å².